The number of nitrogens with two attached hydrogens (primary N) is 1. The van der Waals surface area contributed by atoms with Gasteiger partial charge in [0.1, 0.15) is 0 Å². The van der Waals surface area contributed by atoms with E-state index in [0.717, 1.165) is 18.8 Å². The molecule has 1 saturated heterocycles. The summed E-state index contributed by atoms with van der Waals surface area (Å²) in [6, 6.07) is 0. The summed E-state index contributed by atoms with van der Waals surface area (Å²) in [5.74, 6) is 1.28. The molecule has 0 unspecified atom stereocenters. The molecule has 0 aliphatic carbocycles. The van der Waals surface area contributed by atoms with Crippen LogP contribution in [0.3, 0.4) is 0 Å². The van der Waals surface area contributed by atoms with Gasteiger partial charge >= 0.3 is 0 Å². The lowest BCUT2D eigenvalue weighted by Gasteiger charge is -2.37. The van der Waals surface area contributed by atoms with Gasteiger partial charge in [0.25, 0.3) is 0 Å². The minimum absolute atomic E-state index is 0.207. The SMILES string of the molecule is CC1(C)CN(C(=N)N)CCS1. The number of hydrogen-bond acceptors (Lipinski definition) is 2. The molecule has 0 aromatic rings. The summed E-state index contributed by atoms with van der Waals surface area (Å²) in [7, 11) is 0. The maximum absolute atomic E-state index is 7.26. The Morgan fingerprint density at radius 2 is 2.27 bits per heavy atom. The van der Waals surface area contributed by atoms with Crippen molar-refractivity contribution in [3.05, 3.63) is 0 Å². The summed E-state index contributed by atoms with van der Waals surface area (Å²) in [5.41, 5.74) is 5.39. The first-order valence-electron chi connectivity index (χ1n) is 3.74. The van der Waals surface area contributed by atoms with E-state index >= 15 is 0 Å². The van der Waals surface area contributed by atoms with Crippen LogP contribution in [0.15, 0.2) is 0 Å². The second-order valence-electron chi connectivity index (χ2n) is 3.41. The Labute approximate surface area is 71.8 Å². The van der Waals surface area contributed by atoms with E-state index in [0.29, 0.717) is 0 Å². The van der Waals surface area contributed by atoms with Crippen LogP contribution in [-0.2, 0) is 0 Å². The predicted molar refractivity (Wildman–Crippen MR) is 50.0 cm³/mol. The van der Waals surface area contributed by atoms with Crippen molar-refractivity contribution in [1.29, 1.82) is 5.41 Å². The zero-order valence-electron chi connectivity index (χ0n) is 7.05. The molecule has 3 nitrogen and oxygen atoms in total. The normalized spacial score (nSPS) is 23.3. The first-order chi connectivity index (χ1) is 5.01. The van der Waals surface area contributed by atoms with Gasteiger partial charge in [0.05, 0.1) is 0 Å². The van der Waals surface area contributed by atoms with Gasteiger partial charge in [-0.15, -0.1) is 0 Å². The summed E-state index contributed by atoms with van der Waals surface area (Å²) in [6.07, 6.45) is 0. The Bertz CT molecular complexity index is 167. The summed E-state index contributed by atoms with van der Waals surface area (Å²) in [5, 5.41) is 7.26. The highest BCUT2D eigenvalue weighted by molar-refractivity contribution is 8.00. The Balaban J connectivity index is 2.53. The molecule has 0 aromatic heterocycles. The van der Waals surface area contributed by atoms with Gasteiger partial charge in [0.2, 0.25) is 0 Å². The number of hydrogen-bond donors (Lipinski definition) is 2. The second kappa shape index (κ2) is 2.93. The monoisotopic (exact) mass is 173 g/mol. The van der Waals surface area contributed by atoms with Crippen molar-refractivity contribution >= 4 is 17.7 Å². The van der Waals surface area contributed by atoms with Crippen molar-refractivity contribution in [2.24, 2.45) is 5.73 Å². The molecule has 0 radical (unpaired) electrons. The van der Waals surface area contributed by atoms with Crippen LogP contribution in [0.25, 0.3) is 0 Å². The number of thioether (sulfide) groups is 1. The molecule has 1 fully saturated rings. The van der Waals surface area contributed by atoms with Crippen molar-refractivity contribution in [3.8, 4) is 0 Å². The highest BCUT2D eigenvalue weighted by Crippen LogP contribution is 2.28. The van der Waals surface area contributed by atoms with E-state index < -0.39 is 0 Å². The van der Waals surface area contributed by atoms with Gasteiger partial charge in [0, 0.05) is 23.6 Å². The van der Waals surface area contributed by atoms with Gasteiger partial charge in [-0.3, -0.25) is 5.41 Å². The predicted octanol–water partition coefficient (Wildman–Crippen LogP) is 0.707. The molecule has 3 N–H and O–H groups in total. The minimum atomic E-state index is 0.207. The Morgan fingerprint density at radius 1 is 1.64 bits per heavy atom. The lowest BCUT2D eigenvalue weighted by atomic mass is 10.2. The van der Waals surface area contributed by atoms with Crippen LogP contribution in [-0.4, -0.2) is 34.4 Å². The summed E-state index contributed by atoms with van der Waals surface area (Å²) < 4.78 is 0.254. The molecule has 1 heterocycles. The van der Waals surface area contributed by atoms with E-state index in [9.17, 15) is 0 Å². The zero-order valence-corrected chi connectivity index (χ0v) is 7.87. The number of guanidine groups is 1. The molecule has 1 aliphatic heterocycles. The van der Waals surface area contributed by atoms with Crippen LogP contribution < -0.4 is 5.73 Å². The standard InChI is InChI=1S/C7H15N3S/c1-7(2)5-10(6(8)9)3-4-11-7/h3-5H2,1-2H3,(H3,8,9). The van der Waals surface area contributed by atoms with Crippen molar-refractivity contribution in [3.63, 3.8) is 0 Å². The Kier molecular flexibility index (Phi) is 2.32. The van der Waals surface area contributed by atoms with Gasteiger partial charge in [-0.2, -0.15) is 11.8 Å². The van der Waals surface area contributed by atoms with Crippen LogP contribution in [0.4, 0.5) is 0 Å². The molecule has 0 atom stereocenters. The molecule has 0 aromatic carbocycles. The maximum atomic E-state index is 7.26. The molecular weight excluding hydrogens is 158 g/mol. The maximum Gasteiger partial charge on any atom is 0.188 e. The van der Waals surface area contributed by atoms with Crippen LogP contribution in [0, 0.1) is 5.41 Å². The van der Waals surface area contributed by atoms with E-state index in [2.05, 4.69) is 13.8 Å². The fourth-order valence-electron chi connectivity index (χ4n) is 1.22. The molecule has 1 aliphatic rings. The molecule has 11 heavy (non-hydrogen) atoms. The molecule has 64 valence electrons. The molecule has 0 bridgehead atoms. The van der Waals surface area contributed by atoms with Crippen molar-refractivity contribution in [1.82, 2.24) is 4.90 Å². The Morgan fingerprint density at radius 3 is 2.64 bits per heavy atom. The number of nitrogens with one attached hydrogen (secondary N) is 1. The lowest BCUT2D eigenvalue weighted by Crippen LogP contribution is -2.48. The smallest absolute Gasteiger partial charge is 0.188 e. The van der Waals surface area contributed by atoms with E-state index in [-0.39, 0.29) is 10.7 Å². The highest BCUT2D eigenvalue weighted by atomic mass is 32.2. The third kappa shape index (κ3) is 2.29. The Hall–Kier alpha value is -0.380. The summed E-state index contributed by atoms with van der Waals surface area (Å²) in [4.78, 5) is 1.93. The molecule has 4 heteroatoms. The quantitative estimate of drug-likeness (QED) is 0.419. The van der Waals surface area contributed by atoms with E-state index in [1.807, 2.05) is 16.7 Å². The molecule has 0 spiro atoms. The molecule has 0 amide bonds. The van der Waals surface area contributed by atoms with Crippen LogP contribution in [0.5, 0.6) is 0 Å². The fourth-order valence-corrected chi connectivity index (χ4v) is 2.33. The van der Waals surface area contributed by atoms with Gasteiger partial charge in [0.15, 0.2) is 5.96 Å². The summed E-state index contributed by atoms with van der Waals surface area (Å²) in [6.45, 7) is 6.19. The molecule has 1 rings (SSSR count). The lowest BCUT2D eigenvalue weighted by molar-refractivity contribution is 0.383. The molecule has 0 saturated carbocycles. The third-order valence-electron chi connectivity index (χ3n) is 1.77. The number of nitrogens with zero attached hydrogens (tertiary/aromatic N) is 1. The third-order valence-corrected chi connectivity index (χ3v) is 3.06. The first-order valence-corrected chi connectivity index (χ1v) is 4.73. The van der Waals surface area contributed by atoms with Crippen LogP contribution in [0.2, 0.25) is 0 Å². The van der Waals surface area contributed by atoms with Crippen molar-refractivity contribution < 1.29 is 0 Å². The zero-order chi connectivity index (χ0) is 8.48. The second-order valence-corrected chi connectivity index (χ2v) is 5.22. The van der Waals surface area contributed by atoms with Gasteiger partial charge < -0.3 is 10.6 Å². The average Bonchev–Trinajstić information content (AvgIpc) is 1.85. The van der Waals surface area contributed by atoms with Crippen LogP contribution >= 0.6 is 11.8 Å². The van der Waals surface area contributed by atoms with E-state index in [1.165, 1.54) is 0 Å². The largest absolute Gasteiger partial charge is 0.370 e. The van der Waals surface area contributed by atoms with Gasteiger partial charge in [-0.25, -0.2) is 0 Å². The average molecular weight is 173 g/mol. The number of rotatable bonds is 0. The van der Waals surface area contributed by atoms with E-state index in [1.54, 1.807) is 0 Å². The van der Waals surface area contributed by atoms with Crippen LogP contribution in [0.1, 0.15) is 13.8 Å². The highest BCUT2D eigenvalue weighted by Gasteiger charge is 2.27. The van der Waals surface area contributed by atoms with Gasteiger partial charge in [-0.1, -0.05) is 0 Å². The topological polar surface area (TPSA) is 53.1 Å². The van der Waals surface area contributed by atoms with Crippen molar-refractivity contribution in [2.75, 3.05) is 18.8 Å². The molecular formula is C7H15N3S. The summed E-state index contributed by atoms with van der Waals surface area (Å²) >= 11 is 1.95. The first kappa shape index (κ1) is 8.71. The van der Waals surface area contributed by atoms with E-state index in [4.69, 9.17) is 11.1 Å². The minimum Gasteiger partial charge on any atom is -0.370 e. The van der Waals surface area contributed by atoms with Gasteiger partial charge in [-0.05, 0) is 13.8 Å². The fraction of sp³-hybridized carbons (Fsp3) is 0.857. The van der Waals surface area contributed by atoms with Crippen molar-refractivity contribution in [2.45, 2.75) is 18.6 Å².